The van der Waals surface area contributed by atoms with Crippen LogP contribution in [0.2, 0.25) is 0 Å². The third-order valence-corrected chi connectivity index (χ3v) is 4.64. The van der Waals surface area contributed by atoms with Crippen LogP contribution in [0.15, 0.2) is 42.5 Å². The fourth-order valence-corrected chi connectivity index (χ4v) is 3.17. The lowest BCUT2D eigenvalue weighted by atomic mass is 9.90. The molecule has 2 amide bonds. The largest absolute Gasteiger partial charge is 0.481 e. The molecule has 0 heterocycles. The highest BCUT2D eigenvalue weighted by Crippen LogP contribution is 2.22. The van der Waals surface area contributed by atoms with Gasteiger partial charge in [-0.1, -0.05) is 6.07 Å². The molecular formula is C21H22N2O4. The van der Waals surface area contributed by atoms with Crippen LogP contribution < -0.4 is 10.6 Å². The summed E-state index contributed by atoms with van der Waals surface area (Å²) in [5.41, 5.74) is 4.22. The number of anilines is 1. The van der Waals surface area contributed by atoms with E-state index in [9.17, 15) is 14.4 Å². The number of aliphatic carboxylic acids is 1. The van der Waals surface area contributed by atoms with Gasteiger partial charge in [0.15, 0.2) is 0 Å². The Balaban J connectivity index is 1.60. The van der Waals surface area contributed by atoms with Gasteiger partial charge in [-0.15, -0.1) is 0 Å². The first-order valence-electron chi connectivity index (χ1n) is 9.06. The number of nitrogens with one attached hydrogen (secondary N) is 2. The van der Waals surface area contributed by atoms with Gasteiger partial charge in [0.05, 0.1) is 6.42 Å². The van der Waals surface area contributed by atoms with Crippen LogP contribution in [-0.2, 0) is 17.6 Å². The number of hydrogen-bond acceptors (Lipinski definition) is 3. The second-order valence-corrected chi connectivity index (χ2v) is 6.62. The van der Waals surface area contributed by atoms with Gasteiger partial charge >= 0.3 is 5.97 Å². The molecule has 0 unspecified atom stereocenters. The second kappa shape index (κ2) is 8.49. The SMILES string of the molecule is O=C(O)CCNC(=O)c1ccc(NC(=O)c2ccc3c(c2)CCCC3)cc1. The van der Waals surface area contributed by atoms with Crippen molar-refractivity contribution in [3.63, 3.8) is 0 Å². The van der Waals surface area contributed by atoms with Crippen LogP contribution in [0.25, 0.3) is 0 Å². The van der Waals surface area contributed by atoms with Crippen LogP contribution in [0, 0.1) is 0 Å². The van der Waals surface area contributed by atoms with Gasteiger partial charge in [-0.05, 0) is 73.2 Å². The van der Waals surface area contributed by atoms with Crippen molar-refractivity contribution in [2.75, 3.05) is 11.9 Å². The Bertz CT molecular complexity index is 859. The first kappa shape index (κ1) is 18.6. The maximum Gasteiger partial charge on any atom is 0.305 e. The number of carbonyl (C=O) groups is 3. The van der Waals surface area contributed by atoms with Crippen molar-refractivity contribution in [2.24, 2.45) is 0 Å². The van der Waals surface area contributed by atoms with E-state index < -0.39 is 5.97 Å². The third-order valence-electron chi connectivity index (χ3n) is 4.64. The summed E-state index contributed by atoms with van der Waals surface area (Å²) in [7, 11) is 0. The Kier molecular flexibility index (Phi) is 5.86. The molecule has 6 nitrogen and oxygen atoms in total. The molecule has 0 aromatic heterocycles. The van der Waals surface area contributed by atoms with E-state index in [1.54, 1.807) is 24.3 Å². The predicted octanol–water partition coefficient (Wildman–Crippen LogP) is 3.02. The van der Waals surface area contributed by atoms with Crippen molar-refractivity contribution < 1.29 is 19.5 Å². The van der Waals surface area contributed by atoms with E-state index in [2.05, 4.69) is 10.6 Å². The van der Waals surface area contributed by atoms with E-state index in [1.165, 1.54) is 17.5 Å². The maximum absolute atomic E-state index is 12.5. The van der Waals surface area contributed by atoms with Crippen LogP contribution >= 0.6 is 0 Å². The van der Waals surface area contributed by atoms with Crippen molar-refractivity contribution >= 4 is 23.5 Å². The number of carboxylic acids is 1. The van der Waals surface area contributed by atoms with E-state index in [4.69, 9.17) is 5.11 Å². The van der Waals surface area contributed by atoms with Crippen LogP contribution in [-0.4, -0.2) is 29.4 Å². The molecule has 140 valence electrons. The van der Waals surface area contributed by atoms with Gasteiger partial charge in [-0.2, -0.15) is 0 Å². The summed E-state index contributed by atoms with van der Waals surface area (Å²) < 4.78 is 0. The molecule has 1 aliphatic rings. The Morgan fingerprint density at radius 2 is 1.52 bits per heavy atom. The number of hydrogen-bond donors (Lipinski definition) is 3. The molecule has 6 heteroatoms. The van der Waals surface area contributed by atoms with Gasteiger partial charge in [0.25, 0.3) is 11.8 Å². The van der Waals surface area contributed by atoms with Gasteiger partial charge in [0.1, 0.15) is 0 Å². The third kappa shape index (κ3) is 4.94. The Hall–Kier alpha value is -3.15. The van der Waals surface area contributed by atoms with E-state index >= 15 is 0 Å². The highest BCUT2D eigenvalue weighted by atomic mass is 16.4. The molecule has 0 saturated heterocycles. The van der Waals surface area contributed by atoms with Crippen molar-refractivity contribution in [1.29, 1.82) is 0 Å². The summed E-state index contributed by atoms with van der Waals surface area (Å²) in [6.07, 6.45) is 4.33. The van der Waals surface area contributed by atoms with Crippen molar-refractivity contribution in [3.05, 3.63) is 64.7 Å². The minimum absolute atomic E-state index is 0.0744. The Morgan fingerprint density at radius 1 is 0.852 bits per heavy atom. The lowest BCUT2D eigenvalue weighted by molar-refractivity contribution is -0.136. The first-order chi connectivity index (χ1) is 13.0. The van der Waals surface area contributed by atoms with Crippen molar-refractivity contribution in [2.45, 2.75) is 32.1 Å². The number of rotatable bonds is 6. The Labute approximate surface area is 157 Å². The molecule has 0 bridgehead atoms. The molecule has 0 fully saturated rings. The topological polar surface area (TPSA) is 95.5 Å². The van der Waals surface area contributed by atoms with Crippen molar-refractivity contribution in [1.82, 2.24) is 5.32 Å². The predicted molar refractivity (Wildman–Crippen MR) is 102 cm³/mol. The molecule has 0 saturated carbocycles. The van der Waals surface area contributed by atoms with Crippen LogP contribution in [0.4, 0.5) is 5.69 Å². The number of carbonyl (C=O) groups excluding carboxylic acids is 2. The number of carboxylic acid groups (broad SMARTS) is 1. The summed E-state index contributed by atoms with van der Waals surface area (Å²) in [5.74, 6) is -1.48. The molecule has 27 heavy (non-hydrogen) atoms. The summed E-state index contributed by atoms with van der Waals surface area (Å²) >= 11 is 0. The summed E-state index contributed by atoms with van der Waals surface area (Å²) in [6, 6.07) is 12.4. The van der Waals surface area contributed by atoms with Gasteiger partial charge in [0, 0.05) is 23.4 Å². The van der Waals surface area contributed by atoms with Gasteiger partial charge in [0.2, 0.25) is 0 Å². The lowest BCUT2D eigenvalue weighted by Crippen LogP contribution is -2.25. The average Bonchev–Trinajstić information content (AvgIpc) is 2.67. The molecule has 0 spiro atoms. The lowest BCUT2D eigenvalue weighted by Gasteiger charge is -2.16. The zero-order valence-electron chi connectivity index (χ0n) is 15.0. The van der Waals surface area contributed by atoms with Gasteiger partial charge < -0.3 is 15.7 Å². The van der Waals surface area contributed by atoms with E-state index in [0.717, 1.165) is 19.3 Å². The zero-order chi connectivity index (χ0) is 19.2. The maximum atomic E-state index is 12.5. The average molecular weight is 366 g/mol. The number of fused-ring (bicyclic) bond motifs is 1. The first-order valence-corrected chi connectivity index (χ1v) is 9.06. The molecule has 0 radical (unpaired) electrons. The highest BCUT2D eigenvalue weighted by molar-refractivity contribution is 6.04. The Morgan fingerprint density at radius 3 is 2.22 bits per heavy atom. The van der Waals surface area contributed by atoms with Crippen LogP contribution in [0.3, 0.4) is 0 Å². The van der Waals surface area contributed by atoms with Gasteiger partial charge in [-0.25, -0.2) is 0 Å². The molecule has 2 aromatic rings. The minimum atomic E-state index is -0.962. The fraction of sp³-hybridized carbons (Fsp3) is 0.286. The summed E-state index contributed by atoms with van der Waals surface area (Å²) in [5, 5.41) is 14.0. The molecule has 3 N–H and O–H groups in total. The summed E-state index contributed by atoms with van der Waals surface area (Å²) in [6.45, 7) is 0.0744. The monoisotopic (exact) mass is 366 g/mol. The normalized spacial score (nSPS) is 12.7. The van der Waals surface area contributed by atoms with Crippen LogP contribution in [0.1, 0.15) is 51.1 Å². The van der Waals surface area contributed by atoms with Gasteiger partial charge in [-0.3, -0.25) is 14.4 Å². The molecule has 0 aliphatic heterocycles. The summed E-state index contributed by atoms with van der Waals surface area (Å²) in [4.78, 5) is 34.9. The standard InChI is InChI=1S/C21H22N2O4/c24-19(25)11-12-22-20(26)15-7-9-18(10-8-15)23-21(27)17-6-5-14-3-1-2-4-16(14)13-17/h5-10,13H,1-4,11-12H2,(H,22,26)(H,23,27)(H,24,25). The van der Waals surface area contributed by atoms with E-state index in [-0.39, 0.29) is 24.8 Å². The van der Waals surface area contributed by atoms with Crippen molar-refractivity contribution in [3.8, 4) is 0 Å². The smallest absolute Gasteiger partial charge is 0.305 e. The molecule has 0 atom stereocenters. The molecular weight excluding hydrogens is 344 g/mol. The number of aryl methyl sites for hydroxylation is 2. The second-order valence-electron chi connectivity index (χ2n) is 6.62. The minimum Gasteiger partial charge on any atom is -0.481 e. The molecule has 1 aliphatic carbocycles. The van der Waals surface area contributed by atoms with E-state index in [0.29, 0.717) is 16.8 Å². The fourth-order valence-electron chi connectivity index (χ4n) is 3.17. The molecule has 3 rings (SSSR count). The molecule has 2 aromatic carbocycles. The van der Waals surface area contributed by atoms with Crippen LogP contribution in [0.5, 0.6) is 0 Å². The highest BCUT2D eigenvalue weighted by Gasteiger charge is 2.13. The zero-order valence-corrected chi connectivity index (χ0v) is 15.0. The number of amides is 2. The number of benzene rings is 2. The quantitative estimate of drug-likeness (QED) is 0.732. The van der Waals surface area contributed by atoms with E-state index in [1.807, 2.05) is 18.2 Å².